The van der Waals surface area contributed by atoms with Crippen LogP contribution in [0.15, 0.2) is 18.8 Å². The van der Waals surface area contributed by atoms with Gasteiger partial charge in [-0.3, -0.25) is 4.98 Å². The Morgan fingerprint density at radius 3 is 2.90 bits per heavy atom. The molecule has 1 heterocycles. The minimum Gasteiger partial charge on any atom is -0.397 e. The molecule has 0 spiro atoms. The molecule has 10 heavy (non-hydrogen) atoms. The van der Waals surface area contributed by atoms with E-state index in [0.29, 0.717) is 10.7 Å². The molecule has 2 N–H and O–H groups in total. The molecular weight excluding hydrogens is 148 g/mol. The standard InChI is InChI=1S/C7H7ClN2/c1-2-5-3-7(9)6(8)4-10-5/h2-4H,1H2,(H2,9,10). The number of aromatic nitrogens is 1. The van der Waals surface area contributed by atoms with E-state index in [1.165, 1.54) is 6.20 Å². The predicted octanol–water partition coefficient (Wildman–Crippen LogP) is 1.96. The predicted molar refractivity (Wildman–Crippen MR) is 43.8 cm³/mol. The summed E-state index contributed by atoms with van der Waals surface area (Å²) in [6, 6.07) is 1.68. The van der Waals surface area contributed by atoms with Crippen LogP contribution in [-0.2, 0) is 0 Å². The van der Waals surface area contributed by atoms with Crippen molar-refractivity contribution >= 4 is 23.4 Å². The van der Waals surface area contributed by atoms with Crippen LogP contribution in [0.25, 0.3) is 6.08 Å². The Morgan fingerprint density at radius 2 is 2.40 bits per heavy atom. The zero-order valence-electron chi connectivity index (χ0n) is 5.34. The van der Waals surface area contributed by atoms with Crippen molar-refractivity contribution in [2.75, 3.05) is 5.73 Å². The Hall–Kier alpha value is -1.02. The summed E-state index contributed by atoms with van der Waals surface area (Å²) in [6.45, 7) is 3.54. The average molecular weight is 155 g/mol. The molecule has 0 saturated carbocycles. The molecule has 0 atom stereocenters. The number of nitrogen functional groups attached to an aromatic ring is 1. The van der Waals surface area contributed by atoms with Gasteiger partial charge in [-0.05, 0) is 12.1 Å². The Bertz CT molecular complexity index is 258. The smallest absolute Gasteiger partial charge is 0.0819 e. The highest BCUT2D eigenvalue weighted by Gasteiger charge is 1.94. The number of rotatable bonds is 1. The van der Waals surface area contributed by atoms with E-state index in [-0.39, 0.29) is 0 Å². The van der Waals surface area contributed by atoms with Crippen molar-refractivity contribution in [2.24, 2.45) is 0 Å². The topological polar surface area (TPSA) is 38.9 Å². The molecule has 52 valence electrons. The zero-order valence-corrected chi connectivity index (χ0v) is 6.10. The van der Waals surface area contributed by atoms with E-state index in [4.69, 9.17) is 17.3 Å². The molecule has 3 heteroatoms. The third-order valence-electron chi connectivity index (χ3n) is 1.12. The lowest BCUT2D eigenvalue weighted by molar-refractivity contribution is 1.30. The fourth-order valence-electron chi connectivity index (χ4n) is 0.583. The third-order valence-corrected chi connectivity index (χ3v) is 1.43. The Kier molecular flexibility index (Phi) is 1.92. The van der Waals surface area contributed by atoms with Gasteiger partial charge in [0.15, 0.2) is 0 Å². The number of hydrogen-bond donors (Lipinski definition) is 1. The minimum atomic E-state index is 0.477. The minimum absolute atomic E-state index is 0.477. The van der Waals surface area contributed by atoms with E-state index in [1.54, 1.807) is 12.1 Å². The van der Waals surface area contributed by atoms with Gasteiger partial charge in [-0.25, -0.2) is 0 Å². The van der Waals surface area contributed by atoms with Gasteiger partial charge in [0, 0.05) is 6.20 Å². The number of halogens is 1. The van der Waals surface area contributed by atoms with Crippen molar-refractivity contribution in [1.82, 2.24) is 4.98 Å². The van der Waals surface area contributed by atoms with Gasteiger partial charge >= 0.3 is 0 Å². The number of nitrogens with zero attached hydrogens (tertiary/aromatic N) is 1. The summed E-state index contributed by atoms with van der Waals surface area (Å²) in [7, 11) is 0. The first-order valence-electron chi connectivity index (χ1n) is 2.77. The van der Waals surface area contributed by atoms with Crippen LogP contribution in [0.5, 0.6) is 0 Å². The van der Waals surface area contributed by atoms with Crippen molar-refractivity contribution in [3.8, 4) is 0 Å². The van der Waals surface area contributed by atoms with Crippen LogP contribution in [0.2, 0.25) is 5.02 Å². The first-order chi connectivity index (χ1) is 4.74. The SMILES string of the molecule is C=Cc1cc(N)c(Cl)cn1. The molecule has 0 aliphatic carbocycles. The molecule has 0 aromatic carbocycles. The quantitative estimate of drug-likeness (QED) is 0.672. The van der Waals surface area contributed by atoms with Crippen molar-refractivity contribution in [2.45, 2.75) is 0 Å². The van der Waals surface area contributed by atoms with Gasteiger partial charge < -0.3 is 5.73 Å². The molecule has 0 bridgehead atoms. The van der Waals surface area contributed by atoms with E-state index < -0.39 is 0 Å². The number of pyridine rings is 1. The summed E-state index contributed by atoms with van der Waals surface area (Å²) < 4.78 is 0. The molecule has 0 amide bonds. The lowest BCUT2D eigenvalue weighted by Gasteiger charge is -1.96. The van der Waals surface area contributed by atoms with Gasteiger partial charge in [0.05, 0.1) is 16.4 Å². The Morgan fingerprint density at radius 1 is 1.70 bits per heavy atom. The third kappa shape index (κ3) is 1.28. The molecule has 0 saturated heterocycles. The van der Waals surface area contributed by atoms with Gasteiger partial charge in [0.2, 0.25) is 0 Å². The lowest BCUT2D eigenvalue weighted by atomic mass is 10.3. The van der Waals surface area contributed by atoms with Crippen LogP contribution in [0.4, 0.5) is 5.69 Å². The summed E-state index contributed by atoms with van der Waals surface area (Å²) in [4.78, 5) is 3.93. The van der Waals surface area contributed by atoms with Crippen LogP contribution in [0.1, 0.15) is 5.69 Å². The number of hydrogen-bond acceptors (Lipinski definition) is 2. The van der Waals surface area contributed by atoms with Crippen LogP contribution >= 0.6 is 11.6 Å². The highest BCUT2D eigenvalue weighted by molar-refractivity contribution is 6.32. The maximum absolute atomic E-state index is 5.62. The second kappa shape index (κ2) is 2.71. The first kappa shape index (κ1) is 7.09. The summed E-state index contributed by atoms with van der Waals surface area (Å²) in [6.07, 6.45) is 3.13. The monoisotopic (exact) mass is 154 g/mol. The van der Waals surface area contributed by atoms with Crippen LogP contribution < -0.4 is 5.73 Å². The summed E-state index contributed by atoms with van der Waals surface area (Å²) in [5.41, 5.74) is 6.75. The van der Waals surface area contributed by atoms with E-state index in [0.717, 1.165) is 5.69 Å². The first-order valence-corrected chi connectivity index (χ1v) is 3.15. The molecule has 0 aliphatic rings. The molecule has 0 radical (unpaired) electrons. The molecular formula is C7H7ClN2. The second-order valence-corrected chi connectivity index (χ2v) is 2.24. The highest BCUT2D eigenvalue weighted by atomic mass is 35.5. The normalized spacial score (nSPS) is 9.30. The van der Waals surface area contributed by atoms with Gasteiger partial charge in [-0.1, -0.05) is 18.2 Å². The molecule has 0 fully saturated rings. The molecule has 1 aromatic heterocycles. The van der Waals surface area contributed by atoms with Gasteiger partial charge in [-0.2, -0.15) is 0 Å². The van der Waals surface area contributed by atoms with Crippen LogP contribution in [-0.4, -0.2) is 4.98 Å². The van der Waals surface area contributed by atoms with E-state index >= 15 is 0 Å². The van der Waals surface area contributed by atoms with Gasteiger partial charge in [-0.15, -0.1) is 0 Å². The van der Waals surface area contributed by atoms with Crippen molar-refractivity contribution < 1.29 is 0 Å². The molecule has 1 aromatic rings. The summed E-state index contributed by atoms with van der Waals surface area (Å²) in [5, 5.41) is 0.477. The maximum Gasteiger partial charge on any atom is 0.0819 e. The number of anilines is 1. The summed E-state index contributed by atoms with van der Waals surface area (Å²) in [5.74, 6) is 0. The van der Waals surface area contributed by atoms with Crippen LogP contribution in [0.3, 0.4) is 0 Å². The molecule has 2 nitrogen and oxygen atoms in total. The van der Waals surface area contributed by atoms with Crippen molar-refractivity contribution in [1.29, 1.82) is 0 Å². The largest absolute Gasteiger partial charge is 0.397 e. The Labute approximate surface area is 64.3 Å². The van der Waals surface area contributed by atoms with E-state index in [9.17, 15) is 0 Å². The van der Waals surface area contributed by atoms with Gasteiger partial charge in [0.1, 0.15) is 0 Å². The van der Waals surface area contributed by atoms with Crippen molar-refractivity contribution in [3.63, 3.8) is 0 Å². The Balaban J connectivity index is 3.16. The fraction of sp³-hybridized carbons (Fsp3) is 0. The molecule has 1 rings (SSSR count). The van der Waals surface area contributed by atoms with E-state index in [1.807, 2.05) is 0 Å². The van der Waals surface area contributed by atoms with E-state index in [2.05, 4.69) is 11.6 Å². The molecule has 0 aliphatic heterocycles. The maximum atomic E-state index is 5.62. The fourth-order valence-corrected chi connectivity index (χ4v) is 0.686. The molecule has 0 unspecified atom stereocenters. The van der Waals surface area contributed by atoms with Gasteiger partial charge in [0.25, 0.3) is 0 Å². The van der Waals surface area contributed by atoms with Crippen LogP contribution in [0, 0.1) is 0 Å². The average Bonchev–Trinajstić information content (AvgIpc) is 1.95. The second-order valence-electron chi connectivity index (χ2n) is 1.83. The highest BCUT2D eigenvalue weighted by Crippen LogP contribution is 2.17. The number of nitrogens with two attached hydrogens (primary N) is 1. The lowest BCUT2D eigenvalue weighted by Crippen LogP contribution is -1.88. The zero-order chi connectivity index (χ0) is 7.56. The summed E-state index contributed by atoms with van der Waals surface area (Å²) >= 11 is 5.62. The van der Waals surface area contributed by atoms with Crippen molar-refractivity contribution in [3.05, 3.63) is 29.6 Å².